The third-order valence-electron chi connectivity index (χ3n) is 3.86. The second-order valence-corrected chi connectivity index (χ2v) is 5.58. The number of hydrogen-bond donors (Lipinski definition) is 2. The normalized spacial score (nSPS) is 11.4. The van der Waals surface area contributed by atoms with Crippen molar-refractivity contribution in [1.29, 1.82) is 0 Å². The van der Waals surface area contributed by atoms with Gasteiger partial charge in [0.2, 0.25) is 0 Å². The molecule has 0 atom stereocenters. The molecular weight excluding hydrogens is 306 g/mol. The van der Waals surface area contributed by atoms with E-state index < -0.39 is 0 Å². The van der Waals surface area contributed by atoms with Crippen molar-refractivity contribution in [3.05, 3.63) is 29.3 Å². The summed E-state index contributed by atoms with van der Waals surface area (Å²) in [5.41, 5.74) is 1.52. The zero-order valence-corrected chi connectivity index (χ0v) is 13.4. The quantitative estimate of drug-likeness (QED) is 0.784. The van der Waals surface area contributed by atoms with E-state index in [-0.39, 0.29) is 17.1 Å². The van der Waals surface area contributed by atoms with Gasteiger partial charge in [0, 0.05) is 17.4 Å². The molecule has 0 aromatic heterocycles. The number of rotatable bonds is 6. The van der Waals surface area contributed by atoms with Gasteiger partial charge in [-0.15, -0.1) is 0 Å². The Labute approximate surface area is 123 Å². The van der Waals surface area contributed by atoms with Gasteiger partial charge in [-0.1, -0.05) is 29.8 Å². The molecule has 0 aliphatic heterocycles. The number of hydrogen-bond acceptors (Lipinski definition) is 2. The maximum atomic E-state index is 12.2. The molecule has 0 aliphatic rings. The Morgan fingerprint density at radius 2 is 2.00 bits per heavy atom. The van der Waals surface area contributed by atoms with Crippen LogP contribution in [-0.4, -0.2) is 22.9 Å². The number of carbonyl (C=O) groups is 1. The average Bonchev–Trinajstić information content (AvgIpc) is 2.40. The lowest BCUT2D eigenvalue weighted by Gasteiger charge is -2.29. The highest BCUT2D eigenvalue weighted by Gasteiger charge is 2.25. The Morgan fingerprint density at radius 3 is 2.47 bits per heavy atom. The number of carbonyl (C=O) groups excluding carboxylic acids is 1. The Kier molecular flexibility index (Phi) is 5.85. The van der Waals surface area contributed by atoms with Gasteiger partial charge in [0.05, 0.1) is 0 Å². The molecule has 0 radical (unpaired) electrons. The fraction of sp³-hybridized carbons (Fsp3) is 0.533. The van der Waals surface area contributed by atoms with Gasteiger partial charge in [-0.05, 0) is 48.9 Å². The van der Waals surface area contributed by atoms with E-state index in [4.69, 9.17) is 0 Å². The molecular formula is C15H22BrNO2. The molecule has 0 aliphatic carbocycles. The van der Waals surface area contributed by atoms with Crippen molar-refractivity contribution in [1.82, 2.24) is 5.32 Å². The maximum absolute atomic E-state index is 12.2. The van der Waals surface area contributed by atoms with Crippen molar-refractivity contribution in [3.63, 3.8) is 0 Å². The van der Waals surface area contributed by atoms with Crippen molar-refractivity contribution < 1.29 is 9.90 Å². The summed E-state index contributed by atoms with van der Waals surface area (Å²) in [4.78, 5) is 12.2. The average molecular weight is 328 g/mol. The van der Waals surface area contributed by atoms with Crippen LogP contribution in [0.15, 0.2) is 18.2 Å². The zero-order valence-electron chi connectivity index (χ0n) is 11.8. The second-order valence-electron chi connectivity index (χ2n) is 5.02. The van der Waals surface area contributed by atoms with Gasteiger partial charge in [0.1, 0.15) is 5.75 Å². The van der Waals surface area contributed by atoms with Crippen molar-refractivity contribution in [2.24, 2.45) is 5.41 Å². The molecule has 0 saturated carbocycles. The van der Waals surface area contributed by atoms with Crippen LogP contribution >= 0.6 is 15.9 Å². The number of phenolic OH excluding ortho intramolecular Hbond substituents is 1. The predicted molar refractivity (Wildman–Crippen MR) is 82.0 cm³/mol. The molecule has 0 spiro atoms. The lowest BCUT2D eigenvalue weighted by atomic mass is 9.84. The van der Waals surface area contributed by atoms with Crippen molar-refractivity contribution in [3.8, 4) is 5.75 Å². The highest BCUT2D eigenvalue weighted by molar-refractivity contribution is 9.09. The van der Waals surface area contributed by atoms with Crippen LogP contribution in [0.25, 0.3) is 0 Å². The standard InChI is InChI=1S/C15H22BrNO2/c1-4-15(5-2,9-16)10-17-14(19)13-7-6-12(18)8-11(13)3/h6-8,18H,4-5,9-10H2,1-3H3,(H,17,19). The molecule has 0 saturated heterocycles. The summed E-state index contributed by atoms with van der Waals surface area (Å²) in [6, 6.07) is 4.80. The Morgan fingerprint density at radius 1 is 1.37 bits per heavy atom. The molecule has 0 unspecified atom stereocenters. The Balaban J connectivity index is 2.75. The van der Waals surface area contributed by atoms with Crippen molar-refractivity contribution in [2.75, 3.05) is 11.9 Å². The number of aryl methyl sites for hydroxylation is 1. The minimum Gasteiger partial charge on any atom is -0.508 e. The molecule has 0 fully saturated rings. The topological polar surface area (TPSA) is 49.3 Å². The van der Waals surface area contributed by atoms with Gasteiger partial charge in [-0.2, -0.15) is 0 Å². The third kappa shape index (κ3) is 3.96. The number of amides is 1. The van der Waals surface area contributed by atoms with Gasteiger partial charge in [0.25, 0.3) is 5.91 Å². The van der Waals surface area contributed by atoms with E-state index in [0.717, 1.165) is 23.7 Å². The molecule has 0 heterocycles. The van der Waals surface area contributed by atoms with E-state index in [2.05, 4.69) is 35.1 Å². The Hall–Kier alpha value is -1.03. The molecule has 1 rings (SSSR count). The summed E-state index contributed by atoms with van der Waals surface area (Å²) in [7, 11) is 0. The maximum Gasteiger partial charge on any atom is 0.251 e. The molecule has 106 valence electrons. The molecule has 1 aromatic rings. The molecule has 4 heteroatoms. The summed E-state index contributed by atoms with van der Waals surface area (Å²) >= 11 is 3.54. The van der Waals surface area contributed by atoms with Crippen LogP contribution in [0, 0.1) is 12.3 Å². The summed E-state index contributed by atoms with van der Waals surface area (Å²) in [5.74, 6) is 0.107. The third-order valence-corrected chi connectivity index (χ3v) is 5.05. The molecule has 1 aromatic carbocycles. The van der Waals surface area contributed by atoms with Crippen LogP contribution in [0.2, 0.25) is 0 Å². The fourth-order valence-electron chi connectivity index (χ4n) is 2.00. The second kappa shape index (κ2) is 6.94. The van der Waals surface area contributed by atoms with E-state index in [1.165, 1.54) is 0 Å². The molecule has 19 heavy (non-hydrogen) atoms. The van der Waals surface area contributed by atoms with Crippen LogP contribution < -0.4 is 5.32 Å². The number of nitrogens with one attached hydrogen (secondary N) is 1. The van der Waals surface area contributed by atoms with Gasteiger partial charge in [-0.3, -0.25) is 4.79 Å². The molecule has 1 amide bonds. The van der Waals surface area contributed by atoms with Crippen LogP contribution in [0.3, 0.4) is 0 Å². The lowest BCUT2D eigenvalue weighted by molar-refractivity contribution is 0.0932. The van der Waals surface area contributed by atoms with Crippen LogP contribution in [0.4, 0.5) is 0 Å². The number of phenols is 1. The highest BCUT2D eigenvalue weighted by Crippen LogP contribution is 2.28. The largest absolute Gasteiger partial charge is 0.508 e. The number of benzene rings is 1. The Bertz CT molecular complexity index is 434. The SMILES string of the molecule is CCC(CC)(CBr)CNC(=O)c1ccc(O)cc1C. The van der Waals surface area contributed by atoms with E-state index in [1.807, 2.05) is 6.92 Å². The smallest absolute Gasteiger partial charge is 0.251 e. The lowest BCUT2D eigenvalue weighted by Crippen LogP contribution is -2.38. The zero-order chi connectivity index (χ0) is 14.5. The van der Waals surface area contributed by atoms with E-state index in [0.29, 0.717) is 12.1 Å². The minimum atomic E-state index is -0.0790. The van der Waals surface area contributed by atoms with Crippen molar-refractivity contribution >= 4 is 21.8 Å². The predicted octanol–water partition coefficient (Wildman–Crippen LogP) is 3.63. The van der Waals surface area contributed by atoms with Gasteiger partial charge in [-0.25, -0.2) is 0 Å². The molecule has 0 bridgehead atoms. The summed E-state index contributed by atoms with van der Waals surface area (Å²) in [6.45, 7) is 6.77. The number of aromatic hydroxyl groups is 1. The van der Waals surface area contributed by atoms with Crippen LogP contribution in [0.5, 0.6) is 5.75 Å². The fourth-order valence-corrected chi connectivity index (χ4v) is 2.99. The van der Waals surface area contributed by atoms with Crippen LogP contribution in [-0.2, 0) is 0 Å². The van der Waals surface area contributed by atoms with Crippen molar-refractivity contribution in [2.45, 2.75) is 33.6 Å². The van der Waals surface area contributed by atoms with E-state index >= 15 is 0 Å². The first kappa shape index (κ1) is 16.0. The summed E-state index contributed by atoms with van der Waals surface area (Å²) < 4.78 is 0. The van der Waals surface area contributed by atoms with Crippen LogP contribution in [0.1, 0.15) is 42.6 Å². The summed E-state index contributed by atoms with van der Waals surface area (Å²) in [5, 5.41) is 13.2. The minimum absolute atomic E-state index is 0.0790. The van der Waals surface area contributed by atoms with Gasteiger partial charge in [0.15, 0.2) is 0 Å². The number of alkyl halides is 1. The highest BCUT2D eigenvalue weighted by atomic mass is 79.9. The summed E-state index contributed by atoms with van der Waals surface area (Å²) in [6.07, 6.45) is 2.03. The number of halogens is 1. The van der Waals surface area contributed by atoms with E-state index in [9.17, 15) is 9.90 Å². The van der Waals surface area contributed by atoms with E-state index in [1.54, 1.807) is 18.2 Å². The first-order valence-corrected chi connectivity index (χ1v) is 7.74. The first-order valence-electron chi connectivity index (χ1n) is 6.62. The van der Waals surface area contributed by atoms with Gasteiger partial charge >= 0.3 is 0 Å². The molecule has 2 N–H and O–H groups in total. The van der Waals surface area contributed by atoms with Gasteiger partial charge < -0.3 is 10.4 Å². The monoisotopic (exact) mass is 327 g/mol. The first-order chi connectivity index (χ1) is 8.98. The molecule has 3 nitrogen and oxygen atoms in total.